The van der Waals surface area contributed by atoms with Crippen molar-refractivity contribution in [1.82, 2.24) is 0 Å². The lowest BCUT2D eigenvalue weighted by molar-refractivity contribution is 0.745. The maximum atomic E-state index is 3.69. The molecule has 0 amide bonds. The van der Waals surface area contributed by atoms with Gasteiger partial charge in [-0.15, -0.1) is 6.58 Å². The molecule has 0 atom stereocenters. The summed E-state index contributed by atoms with van der Waals surface area (Å²) in [5, 5.41) is 0. The van der Waals surface area contributed by atoms with Gasteiger partial charge >= 0.3 is 0 Å². The van der Waals surface area contributed by atoms with Gasteiger partial charge in [0.2, 0.25) is 0 Å². The Labute approximate surface area is 58.3 Å². The van der Waals surface area contributed by atoms with Crippen LogP contribution in [-0.2, 0) is 0 Å². The van der Waals surface area contributed by atoms with Gasteiger partial charge in [0.25, 0.3) is 0 Å². The van der Waals surface area contributed by atoms with E-state index in [9.17, 15) is 0 Å². The van der Waals surface area contributed by atoms with Crippen molar-refractivity contribution in [2.75, 3.05) is 0 Å². The van der Waals surface area contributed by atoms with Crippen molar-refractivity contribution in [3.05, 3.63) is 24.3 Å². The summed E-state index contributed by atoms with van der Waals surface area (Å²) in [7, 11) is 0. The van der Waals surface area contributed by atoms with Crippen LogP contribution in [0.1, 0.15) is 27.2 Å². The van der Waals surface area contributed by atoms with E-state index in [-0.39, 0.29) is 0 Å². The van der Waals surface area contributed by atoms with Gasteiger partial charge < -0.3 is 0 Å². The van der Waals surface area contributed by atoms with Gasteiger partial charge in [-0.05, 0) is 19.3 Å². The van der Waals surface area contributed by atoms with Gasteiger partial charge in [-0.2, -0.15) is 0 Å². The van der Waals surface area contributed by atoms with Gasteiger partial charge in [-0.3, -0.25) is 0 Å². The zero-order valence-corrected chi connectivity index (χ0v) is 6.65. The lowest BCUT2D eigenvalue weighted by Gasteiger charge is -2.06. The highest BCUT2D eigenvalue weighted by Crippen LogP contribution is 2.12. The van der Waals surface area contributed by atoms with Crippen LogP contribution in [0.3, 0.4) is 0 Å². The highest BCUT2D eigenvalue weighted by molar-refractivity contribution is 5.06. The highest BCUT2D eigenvalue weighted by Gasteiger charge is 1.97. The van der Waals surface area contributed by atoms with Crippen molar-refractivity contribution in [3.8, 4) is 0 Å². The van der Waals surface area contributed by atoms with E-state index >= 15 is 0 Å². The summed E-state index contributed by atoms with van der Waals surface area (Å²) in [5.74, 6) is 0.674. The van der Waals surface area contributed by atoms with E-state index in [1.165, 1.54) is 5.57 Å². The first kappa shape index (κ1) is 8.48. The average molecular weight is 124 g/mol. The zero-order chi connectivity index (χ0) is 7.28. The largest absolute Gasteiger partial charge is 0.103 e. The summed E-state index contributed by atoms with van der Waals surface area (Å²) in [5.41, 5.74) is 1.48. The molecule has 9 heavy (non-hydrogen) atoms. The van der Waals surface area contributed by atoms with Gasteiger partial charge in [-0.1, -0.05) is 31.6 Å². The van der Waals surface area contributed by atoms with Crippen molar-refractivity contribution in [1.29, 1.82) is 0 Å². The second-order valence-corrected chi connectivity index (χ2v) is 2.51. The number of hydrogen-bond acceptors (Lipinski definition) is 0. The van der Waals surface area contributed by atoms with Crippen LogP contribution in [0, 0.1) is 5.92 Å². The maximum absolute atomic E-state index is 3.69. The third kappa shape index (κ3) is 3.12. The molecule has 0 spiro atoms. The van der Waals surface area contributed by atoms with Gasteiger partial charge in [0.15, 0.2) is 0 Å². The molecule has 0 aliphatic carbocycles. The van der Waals surface area contributed by atoms with Crippen LogP contribution in [0.5, 0.6) is 0 Å². The van der Waals surface area contributed by atoms with Crippen LogP contribution in [0.15, 0.2) is 24.3 Å². The third-order valence-electron chi connectivity index (χ3n) is 1.49. The molecule has 0 aliphatic heterocycles. The summed E-state index contributed by atoms with van der Waals surface area (Å²) in [6.45, 7) is 10.2. The molecule has 0 rings (SSSR count). The molecule has 0 aromatic rings. The lowest BCUT2D eigenvalue weighted by atomic mass is 10.0. The van der Waals surface area contributed by atoms with Gasteiger partial charge in [0.1, 0.15) is 0 Å². The Bertz CT molecular complexity index is 107. The van der Waals surface area contributed by atoms with E-state index < -0.39 is 0 Å². The molecule has 0 aliphatic rings. The first-order chi connectivity index (χ1) is 4.22. The second-order valence-electron chi connectivity index (χ2n) is 2.51. The molecule has 0 N–H and O–H groups in total. The standard InChI is InChI=1S/C9H16/c1-5-7-9(6-2)8(3)4/h5-6,8H,1,7H2,2-4H3/b9-6-. The minimum atomic E-state index is 0.674. The summed E-state index contributed by atoms with van der Waals surface area (Å²) >= 11 is 0. The molecule has 0 aromatic heterocycles. The fourth-order valence-electron chi connectivity index (χ4n) is 0.854. The smallest absolute Gasteiger partial charge is 0.0139 e. The number of rotatable bonds is 3. The van der Waals surface area contributed by atoms with Crippen molar-refractivity contribution in [2.45, 2.75) is 27.2 Å². The topological polar surface area (TPSA) is 0 Å². The van der Waals surface area contributed by atoms with Crippen molar-refractivity contribution >= 4 is 0 Å². The Morgan fingerprint density at radius 1 is 1.56 bits per heavy atom. The average Bonchev–Trinajstić information content (AvgIpc) is 1.82. The third-order valence-corrected chi connectivity index (χ3v) is 1.49. The molecule has 0 bridgehead atoms. The van der Waals surface area contributed by atoms with Gasteiger partial charge in [0.05, 0.1) is 0 Å². The predicted octanol–water partition coefficient (Wildman–Crippen LogP) is 3.16. The van der Waals surface area contributed by atoms with Crippen LogP contribution < -0.4 is 0 Å². The summed E-state index contributed by atoms with van der Waals surface area (Å²) < 4.78 is 0. The van der Waals surface area contributed by atoms with Gasteiger partial charge in [0, 0.05) is 0 Å². The molecule has 0 heteroatoms. The monoisotopic (exact) mass is 124 g/mol. The summed E-state index contributed by atoms with van der Waals surface area (Å²) in [6, 6.07) is 0. The molecule has 0 fully saturated rings. The van der Waals surface area contributed by atoms with Crippen molar-refractivity contribution in [3.63, 3.8) is 0 Å². The van der Waals surface area contributed by atoms with E-state index in [4.69, 9.17) is 0 Å². The Kier molecular flexibility index (Phi) is 4.12. The highest BCUT2D eigenvalue weighted by atomic mass is 14.0. The van der Waals surface area contributed by atoms with E-state index in [0.29, 0.717) is 5.92 Å². The molecule has 0 radical (unpaired) electrons. The fourth-order valence-corrected chi connectivity index (χ4v) is 0.854. The molecule has 0 saturated carbocycles. The summed E-state index contributed by atoms with van der Waals surface area (Å²) in [6.07, 6.45) is 5.16. The lowest BCUT2D eigenvalue weighted by Crippen LogP contribution is -1.90. The maximum Gasteiger partial charge on any atom is -0.0139 e. The van der Waals surface area contributed by atoms with E-state index in [1.54, 1.807) is 0 Å². The number of hydrogen-bond donors (Lipinski definition) is 0. The molecular weight excluding hydrogens is 108 g/mol. The molecule has 0 nitrogen and oxygen atoms in total. The molecular formula is C9H16. The number of allylic oxidation sites excluding steroid dienone is 3. The zero-order valence-electron chi connectivity index (χ0n) is 6.65. The SMILES string of the molecule is C=CC/C(=C/C)C(C)C. The fraction of sp³-hybridized carbons (Fsp3) is 0.556. The van der Waals surface area contributed by atoms with Crippen molar-refractivity contribution < 1.29 is 0 Å². The van der Waals surface area contributed by atoms with Crippen LogP contribution >= 0.6 is 0 Å². The Morgan fingerprint density at radius 3 is 2.22 bits per heavy atom. The Morgan fingerprint density at radius 2 is 2.11 bits per heavy atom. The van der Waals surface area contributed by atoms with Crippen LogP contribution in [-0.4, -0.2) is 0 Å². The quantitative estimate of drug-likeness (QED) is 0.507. The molecule has 0 unspecified atom stereocenters. The van der Waals surface area contributed by atoms with Crippen LogP contribution in [0.25, 0.3) is 0 Å². The van der Waals surface area contributed by atoms with Crippen LogP contribution in [0.2, 0.25) is 0 Å². The van der Waals surface area contributed by atoms with E-state index in [0.717, 1.165) is 6.42 Å². The van der Waals surface area contributed by atoms with E-state index in [1.807, 2.05) is 6.08 Å². The normalized spacial score (nSPS) is 12.2. The van der Waals surface area contributed by atoms with Gasteiger partial charge in [-0.25, -0.2) is 0 Å². The molecule has 0 aromatic carbocycles. The van der Waals surface area contributed by atoms with E-state index in [2.05, 4.69) is 33.4 Å². The minimum absolute atomic E-state index is 0.674. The first-order valence-electron chi connectivity index (χ1n) is 3.48. The second kappa shape index (κ2) is 4.37. The minimum Gasteiger partial charge on any atom is -0.103 e. The van der Waals surface area contributed by atoms with Crippen LogP contribution in [0.4, 0.5) is 0 Å². The molecule has 52 valence electrons. The predicted molar refractivity (Wildman–Crippen MR) is 43.4 cm³/mol. The Balaban J connectivity index is 3.84. The molecule has 0 heterocycles. The summed E-state index contributed by atoms with van der Waals surface area (Å²) in [4.78, 5) is 0. The van der Waals surface area contributed by atoms with Crippen molar-refractivity contribution in [2.24, 2.45) is 5.92 Å². The molecule has 0 saturated heterocycles. The first-order valence-corrected chi connectivity index (χ1v) is 3.48. The Hall–Kier alpha value is -0.520.